The van der Waals surface area contributed by atoms with Crippen molar-refractivity contribution in [2.75, 3.05) is 13.1 Å². The highest BCUT2D eigenvalue weighted by Gasteiger charge is 2.44. The van der Waals surface area contributed by atoms with Crippen LogP contribution in [0.4, 0.5) is 4.79 Å². The Kier molecular flexibility index (Phi) is 4.52. The summed E-state index contributed by atoms with van der Waals surface area (Å²) in [6.07, 6.45) is 1.65. The summed E-state index contributed by atoms with van der Waals surface area (Å²) in [5, 5.41) is 3.01. The minimum atomic E-state index is -0.493. The predicted molar refractivity (Wildman–Crippen MR) is 91.7 cm³/mol. The lowest BCUT2D eigenvalue weighted by molar-refractivity contribution is 0.0491. The fourth-order valence-electron chi connectivity index (χ4n) is 3.83. The lowest BCUT2D eigenvalue weighted by Gasteiger charge is -2.25. The van der Waals surface area contributed by atoms with Crippen molar-refractivity contribution < 1.29 is 14.3 Å². The topological polar surface area (TPSA) is 58.6 Å². The van der Waals surface area contributed by atoms with Gasteiger partial charge in [-0.15, -0.1) is 0 Å². The van der Waals surface area contributed by atoms with Gasteiger partial charge in [-0.2, -0.15) is 0 Å². The van der Waals surface area contributed by atoms with Crippen molar-refractivity contribution >= 4 is 12.0 Å². The van der Waals surface area contributed by atoms with E-state index in [1.165, 1.54) is 0 Å². The molecular formula is C19H26N2O3. The Hall–Kier alpha value is -2.04. The number of nitrogens with one attached hydrogen (secondary N) is 1. The first-order valence-electron chi connectivity index (χ1n) is 8.67. The number of alkyl carbamates (subject to hydrolysis) is 1. The van der Waals surface area contributed by atoms with Crippen molar-refractivity contribution in [3.8, 4) is 0 Å². The van der Waals surface area contributed by atoms with Crippen LogP contribution in [0.25, 0.3) is 0 Å². The van der Waals surface area contributed by atoms with Gasteiger partial charge in [0, 0.05) is 30.6 Å². The largest absolute Gasteiger partial charge is 0.444 e. The van der Waals surface area contributed by atoms with Crippen LogP contribution in [-0.2, 0) is 4.74 Å². The van der Waals surface area contributed by atoms with Crippen LogP contribution >= 0.6 is 0 Å². The minimum absolute atomic E-state index is 0.0843. The number of benzene rings is 1. The molecule has 1 aromatic rings. The number of hydrogen-bond donors (Lipinski definition) is 1. The van der Waals surface area contributed by atoms with Gasteiger partial charge < -0.3 is 15.0 Å². The molecule has 2 amide bonds. The van der Waals surface area contributed by atoms with Gasteiger partial charge in [-0.25, -0.2) is 4.79 Å². The number of carbonyl (C=O) groups excluding carboxylic acids is 2. The molecule has 1 saturated heterocycles. The molecule has 24 heavy (non-hydrogen) atoms. The fraction of sp³-hybridized carbons (Fsp3) is 0.579. The highest BCUT2D eigenvalue weighted by molar-refractivity contribution is 5.94. The molecular weight excluding hydrogens is 304 g/mol. The van der Waals surface area contributed by atoms with Gasteiger partial charge >= 0.3 is 6.09 Å². The van der Waals surface area contributed by atoms with Gasteiger partial charge in [0.1, 0.15) is 5.60 Å². The van der Waals surface area contributed by atoms with Gasteiger partial charge in [-0.05, 0) is 51.7 Å². The van der Waals surface area contributed by atoms with E-state index in [2.05, 4.69) is 5.32 Å². The number of rotatable bonds is 2. The van der Waals surface area contributed by atoms with Gasteiger partial charge in [0.2, 0.25) is 0 Å². The zero-order valence-corrected chi connectivity index (χ0v) is 14.6. The molecule has 2 aliphatic rings. The van der Waals surface area contributed by atoms with E-state index < -0.39 is 5.60 Å². The molecule has 2 fully saturated rings. The molecule has 5 heteroatoms. The van der Waals surface area contributed by atoms with Crippen LogP contribution in [0.2, 0.25) is 0 Å². The van der Waals surface area contributed by atoms with Gasteiger partial charge in [-0.1, -0.05) is 18.2 Å². The summed E-state index contributed by atoms with van der Waals surface area (Å²) in [6, 6.07) is 9.49. The lowest BCUT2D eigenvalue weighted by Crippen LogP contribution is -2.42. The second-order valence-electron chi connectivity index (χ2n) is 7.83. The maximum Gasteiger partial charge on any atom is 0.407 e. The van der Waals surface area contributed by atoms with Crippen molar-refractivity contribution in [1.82, 2.24) is 10.2 Å². The molecule has 130 valence electrons. The number of carbonyl (C=O) groups is 2. The van der Waals surface area contributed by atoms with E-state index in [1.807, 2.05) is 56.0 Å². The molecule has 0 aromatic heterocycles. The third-order valence-electron chi connectivity index (χ3n) is 4.87. The van der Waals surface area contributed by atoms with Crippen LogP contribution < -0.4 is 5.32 Å². The number of fused-ring (bicyclic) bond motifs is 1. The maximum absolute atomic E-state index is 12.6. The third-order valence-corrected chi connectivity index (χ3v) is 4.87. The standard InChI is InChI=1S/C19H26N2O3/c1-19(2,3)24-18(23)20-16-10-9-14-11-21(12-15(14)16)17(22)13-7-5-4-6-8-13/h4-8,14-16H,9-12H2,1-3H3,(H,20,23)/t14-,15+,16-/m1/s1. The van der Waals surface area contributed by atoms with Gasteiger partial charge in [0.25, 0.3) is 5.91 Å². The molecule has 1 saturated carbocycles. The first-order valence-corrected chi connectivity index (χ1v) is 8.67. The van der Waals surface area contributed by atoms with Crippen molar-refractivity contribution in [3.63, 3.8) is 0 Å². The van der Waals surface area contributed by atoms with Crippen LogP contribution in [0.3, 0.4) is 0 Å². The SMILES string of the molecule is CC(C)(C)OC(=O)N[C@@H]1CC[C@@H]2CN(C(=O)c3ccccc3)C[C@@H]21. The molecule has 3 rings (SSSR count). The van der Waals surface area contributed by atoms with Crippen molar-refractivity contribution in [2.45, 2.75) is 45.3 Å². The summed E-state index contributed by atoms with van der Waals surface area (Å²) in [5.74, 6) is 0.879. The van der Waals surface area contributed by atoms with E-state index >= 15 is 0 Å². The van der Waals surface area contributed by atoms with E-state index in [-0.39, 0.29) is 18.0 Å². The molecule has 1 heterocycles. The summed E-state index contributed by atoms with van der Waals surface area (Å²) < 4.78 is 5.36. The quantitative estimate of drug-likeness (QED) is 0.906. The maximum atomic E-state index is 12.6. The first kappa shape index (κ1) is 16.8. The van der Waals surface area contributed by atoms with E-state index in [0.29, 0.717) is 18.4 Å². The molecule has 1 N–H and O–H groups in total. The predicted octanol–water partition coefficient (Wildman–Crippen LogP) is 3.06. The number of amides is 2. The molecule has 0 bridgehead atoms. The smallest absolute Gasteiger partial charge is 0.407 e. The van der Waals surface area contributed by atoms with E-state index in [9.17, 15) is 9.59 Å². The van der Waals surface area contributed by atoms with Crippen molar-refractivity contribution in [1.29, 1.82) is 0 Å². The first-order chi connectivity index (χ1) is 11.3. The zero-order chi connectivity index (χ0) is 17.3. The molecule has 0 radical (unpaired) electrons. The molecule has 0 spiro atoms. The second kappa shape index (κ2) is 6.46. The molecule has 5 nitrogen and oxygen atoms in total. The van der Waals surface area contributed by atoms with Crippen LogP contribution in [0.1, 0.15) is 44.0 Å². The molecule has 0 unspecified atom stereocenters. The summed E-state index contributed by atoms with van der Waals surface area (Å²) in [6.45, 7) is 7.07. The fourth-order valence-corrected chi connectivity index (χ4v) is 3.83. The highest BCUT2D eigenvalue weighted by Crippen LogP contribution is 2.38. The van der Waals surface area contributed by atoms with Crippen LogP contribution in [0.15, 0.2) is 30.3 Å². The molecule has 3 atom stereocenters. The Bertz CT molecular complexity index is 609. The average Bonchev–Trinajstić information content (AvgIpc) is 3.07. The summed E-state index contributed by atoms with van der Waals surface area (Å²) >= 11 is 0. The normalized spacial score (nSPS) is 26.1. The van der Waals surface area contributed by atoms with Gasteiger partial charge in [-0.3, -0.25) is 4.79 Å². The number of likely N-dealkylation sites (tertiary alicyclic amines) is 1. The highest BCUT2D eigenvalue weighted by atomic mass is 16.6. The number of nitrogens with zero attached hydrogens (tertiary/aromatic N) is 1. The minimum Gasteiger partial charge on any atom is -0.444 e. The summed E-state index contributed by atoms with van der Waals surface area (Å²) in [7, 11) is 0. The Morgan fingerprint density at radius 1 is 1.12 bits per heavy atom. The van der Waals surface area contributed by atoms with Crippen LogP contribution in [-0.4, -0.2) is 41.6 Å². The molecule has 1 aliphatic heterocycles. The van der Waals surface area contributed by atoms with Crippen LogP contribution in [0.5, 0.6) is 0 Å². The summed E-state index contributed by atoms with van der Waals surface area (Å²) in [4.78, 5) is 26.6. The second-order valence-corrected chi connectivity index (χ2v) is 7.83. The van der Waals surface area contributed by atoms with E-state index in [4.69, 9.17) is 4.74 Å². The molecule has 1 aliphatic carbocycles. The Labute approximate surface area is 143 Å². The van der Waals surface area contributed by atoms with Crippen molar-refractivity contribution in [2.24, 2.45) is 11.8 Å². The van der Waals surface area contributed by atoms with Gasteiger partial charge in [0.05, 0.1) is 0 Å². The summed E-state index contributed by atoms with van der Waals surface area (Å²) in [5.41, 5.74) is 0.238. The average molecular weight is 330 g/mol. The Morgan fingerprint density at radius 3 is 2.50 bits per heavy atom. The number of hydrogen-bond acceptors (Lipinski definition) is 3. The third kappa shape index (κ3) is 3.71. The molecule has 1 aromatic carbocycles. The monoisotopic (exact) mass is 330 g/mol. The Morgan fingerprint density at radius 2 is 1.83 bits per heavy atom. The van der Waals surface area contributed by atoms with Crippen LogP contribution in [0, 0.1) is 11.8 Å². The Balaban J connectivity index is 1.60. The van der Waals surface area contributed by atoms with E-state index in [0.717, 1.165) is 24.9 Å². The lowest BCUT2D eigenvalue weighted by atomic mass is 9.98. The van der Waals surface area contributed by atoms with Crippen molar-refractivity contribution in [3.05, 3.63) is 35.9 Å². The zero-order valence-electron chi connectivity index (χ0n) is 14.6. The van der Waals surface area contributed by atoms with E-state index in [1.54, 1.807) is 0 Å². The van der Waals surface area contributed by atoms with Gasteiger partial charge in [0.15, 0.2) is 0 Å². The number of ether oxygens (including phenoxy) is 1.